The number of hydrogen-bond donors (Lipinski definition) is 0. The standard InChI is InChI=1S/C15H13I2O5P/c1-20-15(18)10-23(19,21-13-6-2-11(16)3-7-13)22-14-8-4-12(17)5-9-14/h2-9H,10H2,1H3. The number of halogens is 2. The van der Waals surface area contributed by atoms with Gasteiger partial charge >= 0.3 is 13.6 Å². The first-order valence-electron chi connectivity index (χ1n) is 6.46. The van der Waals surface area contributed by atoms with Gasteiger partial charge in [0.15, 0.2) is 6.16 Å². The van der Waals surface area contributed by atoms with Crippen LogP contribution in [0.3, 0.4) is 0 Å². The Morgan fingerprint density at radius 2 is 1.30 bits per heavy atom. The third kappa shape index (κ3) is 5.96. The number of rotatable bonds is 6. The van der Waals surface area contributed by atoms with Crippen LogP contribution in [0.4, 0.5) is 0 Å². The molecular formula is C15H13I2O5P. The molecule has 0 heterocycles. The van der Waals surface area contributed by atoms with Crippen LogP contribution in [-0.4, -0.2) is 19.2 Å². The van der Waals surface area contributed by atoms with Gasteiger partial charge in [-0.05, 0) is 93.7 Å². The normalized spacial score (nSPS) is 10.9. The molecular weight excluding hydrogens is 545 g/mol. The maximum Gasteiger partial charge on any atom is 0.441 e. The van der Waals surface area contributed by atoms with Crippen LogP contribution in [0.15, 0.2) is 48.5 Å². The first-order valence-corrected chi connectivity index (χ1v) is 10.3. The molecule has 0 saturated carbocycles. The summed E-state index contributed by atoms with van der Waals surface area (Å²) in [5.74, 6) is 0.0654. The summed E-state index contributed by atoms with van der Waals surface area (Å²) in [4.78, 5) is 11.6. The molecule has 0 spiro atoms. The average Bonchev–Trinajstić information content (AvgIpc) is 2.51. The van der Waals surface area contributed by atoms with Gasteiger partial charge < -0.3 is 13.8 Å². The van der Waals surface area contributed by atoms with E-state index in [4.69, 9.17) is 9.05 Å². The van der Waals surface area contributed by atoms with Crippen molar-refractivity contribution in [1.82, 2.24) is 0 Å². The lowest BCUT2D eigenvalue weighted by atomic mass is 10.3. The van der Waals surface area contributed by atoms with E-state index in [9.17, 15) is 9.36 Å². The van der Waals surface area contributed by atoms with Crippen molar-refractivity contribution in [2.24, 2.45) is 0 Å². The molecule has 0 aliphatic carbocycles. The SMILES string of the molecule is COC(=O)CP(=O)(Oc1ccc(I)cc1)Oc1ccc(I)cc1. The minimum absolute atomic E-state index is 0.364. The van der Waals surface area contributed by atoms with Gasteiger partial charge in [0.1, 0.15) is 11.5 Å². The Hall–Kier alpha value is -0.800. The van der Waals surface area contributed by atoms with Gasteiger partial charge in [-0.3, -0.25) is 4.79 Å². The highest BCUT2D eigenvalue weighted by Crippen LogP contribution is 2.48. The van der Waals surface area contributed by atoms with Crippen LogP contribution >= 0.6 is 52.8 Å². The van der Waals surface area contributed by atoms with Crippen LogP contribution in [0.25, 0.3) is 0 Å². The average molecular weight is 558 g/mol. The van der Waals surface area contributed by atoms with Crippen molar-refractivity contribution in [1.29, 1.82) is 0 Å². The van der Waals surface area contributed by atoms with Crippen molar-refractivity contribution < 1.29 is 23.1 Å². The van der Waals surface area contributed by atoms with E-state index < -0.39 is 19.7 Å². The molecule has 0 saturated heterocycles. The van der Waals surface area contributed by atoms with Crippen molar-refractivity contribution in [3.05, 3.63) is 55.7 Å². The monoisotopic (exact) mass is 558 g/mol. The van der Waals surface area contributed by atoms with Crippen LogP contribution in [0, 0.1) is 7.14 Å². The Kier molecular flexibility index (Phi) is 6.72. The van der Waals surface area contributed by atoms with Crippen LogP contribution in [0.5, 0.6) is 11.5 Å². The molecule has 0 bridgehead atoms. The van der Waals surface area contributed by atoms with E-state index in [1.807, 2.05) is 24.3 Å². The molecule has 0 fully saturated rings. The third-order valence-corrected chi connectivity index (χ3v) is 5.73. The number of methoxy groups -OCH3 is 1. The molecule has 2 aromatic rings. The summed E-state index contributed by atoms with van der Waals surface area (Å²) in [6.07, 6.45) is -0.471. The predicted octanol–water partition coefficient (Wildman–Crippen LogP) is 4.72. The highest BCUT2D eigenvalue weighted by Gasteiger charge is 2.32. The number of carbonyl (C=O) groups excluding carboxylic acids is 1. The molecule has 2 aromatic carbocycles. The Labute approximate surface area is 161 Å². The van der Waals surface area contributed by atoms with Crippen molar-refractivity contribution in [2.75, 3.05) is 13.3 Å². The minimum Gasteiger partial charge on any atom is -0.468 e. The zero-order valence-corrected chi connectivity index (χ0v) is 17.3. The van der Waals surface area contributed by atoms with E-state index in [0.717, 1.165) is 7.14 Å². The van der Waals surface area contributed by atoms with Crippen molar-refractivity contribution >= 4 is 58.7 Å². The lowest BCUT2D eigenvalue weighted by Crippen LogP contribution is -2.14. The topological polar surface area (TPSA) is 61.8 Å². The second kappa shape index (κ2) is 8.34. The minimum atomic E-state index is -3.75. The number of carbonyl (C=O) groups is 1. The molecule has 2 rings (SSSR count). The number of benzene rings is 2. The molecule has 0 aromatic heterocycles. The molecule has 0 unspecified atom stereocenters. The van der Waals surface area contributed by atoms with Crippen molar-refractivity contribution in [3.8, 4) is 11.5 Å². The van der Waals surface area contributed by atoms with E-state index in [2.05, 4.69) is 49.9 Å². The van der Waals surface area contributed by atoms with E-state index in [0.29, 0.717) is 11.5 Å². The summed E-state index contributed by atoms with van der Waals surface area (Å²) >= 11 is 4.30. The number of ether oxygens (including phenoxy) is 1. The second-order valence-electron chi connectivity index (χ2n) is 4.44. The molecule has 0 N–H and O–H groups in total. The fraction of sp³-hybridized carbons (Fsp3) is 0.133. The van der Waals surface area contributed by atoms with E-state index in [1.165, 1.54) is 7.11 Å². The van der Waals surface area contributed by atoms with Crippen LogP contribution in [0.1, 0.15) is 0 Å². The zero-order chi connectivity index (χ0) is 16.9. The highest BCUT2D eigenvalue weighted by atomic mass is 127. The largest absolute Gasteiger partial charge is 0.468 e. The fourth-order valence-corrected chi connectivity index (χ4v) is 3.83. The molecule has 0 amide bonds. The van der Waals surface area contributed by atoms with Gasteiger partial charge in [-0.15, -0.1) is 0 Å². The fourth-order valence-electron chi connectivity index (χ4n) is 1.62. The van der Waals surface area contributed by atoms with E-state index in [1.54, 1.807) is 24.3 Å². The van der Waals surface area contributed by atoms with Gasteiger partial charge in [-0.2, -0.15) is 0 Å². The number of esters is 1. The molecule has 5 nitrogen and oxygen atoms in total. The summed E-state index contributed by atoms with van der Waals surface area (Å²) in [7, 11) is -2.52. The summed E-state index contributed by atoms with van der Waals surface area (Å²) in [5.41, 5.74) is 0. The van der Waals surface area contributed by atoms with Gasteiger partial charge in [-0.25, -0.2) is 4.57 Å². The van der Waals surface area contributed by atoms with Crippen LogP contribution < -0.4 is 9.05 Å². The first-order chi connectivity index (χ1) is 10.9. The maximum absolute atomic E-state index is 12.9. The molecule has 122 valence electrons. The van der Waals surface area contributed by atoms with Crippen LogP contribution in [0.2, 0.25) is 0 Å². The summed E-state index contributed by atoms with van der Waals surface area (Å²) in [5, 5.41) is 0. The second-order valence-corrected chi connectivity index (χ2v) is 8.83. The van der Waals surface area contributed by atoms with Gasteiger partial charge in [0.2, 0.25) is 0 Å². The molecule has 0 radical (unpaired) electrons. The molecule has 0 aliphatic rings. The lowest BCUT2D eigenvalue weighted by molar-refractivity contribution is -0.137. The Bertz CT molecular complexity index is 664. The predicted molar refractivity (Wildman–Crippen MR) is 104 cm³/mol. The lowest BCUT2D eigenvalue weighted by Gasteiger charge is -2.19. The summed E-state index contributed by atoms with van der Waals surface area (Å²) in [6, 6.07) is 13.9. The van der Waals surface area contributed by atoms with Crippen molar-refractivity contribution in [2.45, 2.75) is 0 Å². The van der Waals surface area contributed by atoms with Gasteiger partial charge in [0, 0.05) is 7.14 Å². The first kappa shape index (κ1) is 18.5. The smallest absolute Gasteiger partial charge is 0.441 e. The maximum atomic E-state index is 12.9. The highest BCUT2D eigenvalue weighted by molar-refractivity contribution is 14.1. The third-order valence-electron chi connectivity index (χ3n) is 2.67. The Morgan fingerprint density at radius 1 is 0.913 bits per heavy atom. The molecule has 0 aliphatic heterocycles. The molecule has 8 heteroatoms. The molecule has 0 atom stereocenters. The van der Waals surface area contributed by atoms with Gasteiger partial charge in [-0.1, -0.05) is 0 Å². The number of hydrogen-bond acceptors (Lipinski definition) is 5. The van der Waals surface area contributed by atoms with Crippen molar-refractivity contribution in [3.63, 3.8) is 0 Å². The van der Waals surface area contributed by atoms with Gasteiger partial charge in [0.25, 0.3) is 0 Å². The van der Waals surface area contributed by atoms with E-state index in [-0.39, 0.29) is 0 Å². The van der Waals surface area contributed by atoms with Crippen LogP contribution in [-0.2, 0) is 14.1 Å². The summed E-state index contributed by atoms with van der Waals surface area (Å²) < 4.78 is 30.5. The quantitative estimate of drug-likeness (QED) is 0.292. The van der Waals surface area contributed by atoms with Gasteiger partial charge in [0.05, 0.1) is 7.11 Å². The summed E-state index contributed by atoms with van der Waals surface area (Å²) in [6.45, 7) is 0. The Morgan fingerprint density at radius 3 is 1.65 bits per heavy atom. The zero-order valence-electron chi connectivity index (χ0n) is 12.1. The van der Waals surface area contributed by atoms with E-state index >= 15 is 0 Å². The Balaban J connectivity index is 2.23. The molecule has 23 heavy (non-hydrogen) atoms.